The summed E-state index contributed by atoms with van der Waals surface area (Å²) in [6, 6.07) is 152. The third-order valence-electron chi connectivity index (χ3n) is 30.9. The fourth-order valence-electron chi connectivity index (χ4n) is 23.3. The molecule has 4 aromatic heterocycles. The van der Waals surface area contributed by atoms with Crippen LogP contribution in [0, 0.1) is 0 Å². The van der Waals surface area contributed by atoms with Crippen LogP contribution in [0.4, 0.5) is 0 Å². The van der Waals surface area contributed by atoms with Crippen molar-refractivity contribution in [3.63, 3.8) is 0 Å². The Hall–Kier alpha value is -16.9. The van der Waals surface area contributed by atoms with Gasteiger partial charge in [0.1, 0.15) is 63.3 Å². The molecule has 10 nitrogen and oxygen atoms in total. The number of hydrogen-bond donors (Lipinski definition) is 0. The third-order valence-corrected chi connectivity index (χ3v) is 35.6. The SMILES string of the molecule is CC(C)(C)c1cc2c3c(c1)Oc1cccc4c1B3c1c(cccc1O2)O4.CC(C)(C)c1cc2c3c(c1)Oc1ccccc1B3c1ccccc1O2.CC(C)(C)c1cc2c3ccccc3n3c4ccccc4c(c1)c23.CC(C)(C)c1ccc2c(c1)-c1ccccc1-c1ccccc1-c1ccccc1-2.CC(C)(C)c1nc(-c2cccc([Si](c3ccccc3)(c3ccccc3)c3ccccc3)c2)nc(-n2c3ccccc3c3ccccc32)n1. The van der Waals surface area contributed by atoms with Crippen LogP contribution in [0.1, 0.15) is 132 Å². The van der Waals surface area contributed by atoms with Crippen molar-refractivity contribution < 1.29 is 23.7 Å². The van der Waals surface area contributed by atoms with Crippen molar-refractivity contribution in [2.75, 3.05) is 0 Å². The number of hydrogen-bond acceptors (Lipinski definition) is 8. The molecule has 0 fully saturated rings. The molecule has 23 aromatic rings. The van der Waals surface area contributed by atoms with Gasteiger partial charge in [-0.2, -0.15) is 9.97 Å². The van der Waals surface area contributed by atoms with Crippen LogP contribution in [0.2, 0.25) is 0 Å². The first-order valence-corrected chi connectivity index (χ1v) is 54.4. The summed E-state index contributed by atoms with van der Waals surface area (Å²) in [5, 5.41) is 13.1. The van der Waals surface area contributed by atoms with Crippen LogP contribution in [-0.2, 0) is 27.1 Å². The Morgan fingerprint density at radius 3 is 0.947 bits per heavy atom. The number of benzene rings is 19. The first-order valence-electron chi connectivity index (χ1n) is 52.4. The maximum absolute atomic E-state index is 6.33. The molecule has 0 atom stereocenters. The van der Waals surface area contributed by atoms with Gasteiger partial charge in [-0.25, -0.2) is 4.98 Å². The maximum atomic E-state index is 6.33. The minimum absolute atomic E-state index is 0.0121. The number of nitrogens with zero attached hydrogens (tertiary/aromatic N) is 5. The van der Waals surface area contributed by atoms with E-state index >= 15 is 0 Å². The normalized spacial score (nSPS) is 13.0. The monoisotopic (exact) mass is 1960 g/mol. The van der Waals surface area contributed by atoms with Gasteiger partial charge in [0.2, 0.25) is 5.95 Å². The van der Waals surface area contributed by atoms with Gasteiger partial charge in [0.05, 0.1) is 27.6 Å². The van der Waals surface area contributed by atoms with Crippen LogP contribution in [0.15, 0.2) is 425 Å². The van der Waals surface area contributed by atoms with Gasteiger partial charge < -0.3 is 28.1 Å². The first-order chi connectivity index (χ1) is 72.6. The molecule has 0 saturated heterocycles. The molecule has 0 radical (unpaired) electrons. The van der Waals surface area contributed by atoms with E-state index in [0.717, 1.165) is 102 Å². The van der Waals surface area contributed by atoms with Crippen LogP contribution in [-0.4, -0.2) is 45.4 Å². The first kappa shape index (κ1) is 94.1. The highest BCUT2D eigenvalue weighted by Crippen LogP contribution is 2.51. The summed E-state index contributed by atoms with van der Waals surface area (Å²) in [5.74, 6) is 11.0. The summed E-state index contributed by atoms with van der Waals surface area (Å²) in [5.41, 5.74) is 29.6. The van der Waals surface area contributed by atoms with Crippen molar-refractivity contribution in [1.82, 2.24) is 23.9 Å². The van der Waals surface area contributed by atoms with Gasteiger partial charge >= 0.3 is 0 Å². The molecule has 0 unspecified atom stereocenters. The lowest BCUT2D eigenvalue weighted by molar-refractivity contribution is 0.439. The zero-order valence-corrected chi connectivity index (χ0v) is 88.3. The number of aromatic nitrogens is 5. The predicted octanol–water partition coefficient (Wildman–Crippen LogP) is 28.9. The zero-order valence-electron chi connectivity index (χ0n) is 87.3. The Morgan fingerprint density at radius 1 is 0.220 bits per heavy atom. The Kier molecular flexibility index (Phi) is 22.8. The van der Waals surface area contributed by atoms with Crippen molar-refractivity contribution in [2.45, 2.75) is 131 Å². The highest BCUT2D eigenvalue weighted by atomic mass is 28.3. The second-order valence-corrected chi connectivity index (χ2v) is 49.4. The second-order valence-electron chi connectivity index (χ2n) is 45.6. The third kappa shape index (κ3) is 16.1. The van der Waals surface area contributed by atoms with Crippen LogP contribution >= 0.6 is 0 Å². The Bertz CT molecular complexity index is 8910. The van der Waals surface area contributed by atoms with Gasteiger partial charge in [-0.1, -0.05) is 425 Å². The molecule has 1 aliphatic carbocycles. The molecule has 6 aliphatic rings. The summed E-state index contributed by atoms with van der Waals surface area (Å²) in [7, 11) is -2.73. The van der Waals surface area contributed by atoms with E-state index in [0.29, 0.717) is 11.8 Å². The molecule has 150 heavy (non-hydrogen) atoms. The van der Waals surface area contributed by atoms with Crippen LogP contribution in [0.3, 0.4) is 0 Å². The van der Waals surface area contributed by atoms with E-state index in [9.17, 15) is 0 Å². The Morgan fingerprint density at radius 2 is 0.533 bits per heavy atom. The average molecular weight is 1960 g/mol. The molecule has 9 heterocycles. The Labute approximate surface area is 879 Å². The summed E-state index contributed by atoms with van der Waals surface area (Å²) in [6.45, 7) is 33.7. The molecule has 13 heteroatoms. The van der Waals surface area contributed by atoms with E-state index in [1.807, 2.05) is 48.5 Å². The molecule has 29 rings (SSSR count). The molecule has 0 bridgehead atoms. The number of rotatable bonds is 6. The predicted molar refractivity (Wildman–Crippen MR) is 628 cm³/mol. The second kappa shape index (κ2) is 36.3. The highest BCUT2D eigenvalue weighted by Gasteiger charge is 2.48. The van der Waals surface area contributed by atoms with E-state index in [1.54, 1.807) is 0 Å². The van der Waals surface area contributed by atoms with Crippen molar-refractivity contribution >= 4 is 135 Å². The van der Waals surface area contributed by atoms with E-state index in [-0.39, 0.29) is 40.5 Å². The van der Waals surface area contributed by atoms with Gasteiger partial charge in [-0.3, -0.25) is 4.57 Å². The molecular weight excluding hydrogens is 1850 g/mol. The van der Waals surface area contributed by atoms with Crippen molar-refractivity contribution in [3.05, 3.63) is 453 Å². The van der Waals surface area contributed by atoms with E-state index in [1.165, 1.54) is 147 Å². The molecule has 5 aliphatic heterocycles. The number of para-hydroxylation sites is 6. The molecule has 0 N–H and O–H groups in total. The van der Waals surface area contributed by atoms with E-state index < -0.39 is 8.07 Å². The van der Waals surface area contributed by atoms with E-state index in [2.05, 4.69) is 489 Å². The Balaban J connectivity index is 0.000000100. The van der Waals surface area contributed by atoms with Crippen LogP contribution in [0.25, 0.3) is 122 Å². The van der Waals surface area contributed by atoms with Gasteiger partial charge in [-0.15, -0.1) is 0 Å². The quantitative estimate of drug-likeness (QED) is 0.120. The molecule has 0 amide bonds. The number of fused-ring (bicyclic) bond motifs is 21. The fraction of sp³-hybridized carbons (Fsp3) is 0.146. The van der Waals surface area contributed by atoms with Crippen LogP contribution < -0.4 is 77.2 Å². The molecule has 19 aromatic carbocycles. The summed E-state index contributed by atoms with van der Waals surface area (Å²) < 4.78 is 36.0. The lowest BCUT2D eigenvalue weighted by atomic mass is 9.34. The smallest absolute Gasteiger partial charge is 0.270 e. The summed E-state index contributed by atoms with van der Waals surface area (Å²) in [6.07, 6.45) is 0. The zero-order chi connectivity index (χ0) is 103. The minimum Gasteiger partial charge on any atom is -0.458 e. The lowest BCUT2D eigenvalue weighted by Gasteiger charge is -2.38. The van der Waals surface area contributed by atoms with E-state index in [4.69, 9.17) is 38.6 Å². The minimum atomic E-state index is -2.73. The summed E-state index contributed by atoms with van der Waals surface area (Å²) >= 11 is 0. The number of ether oxygens (including phenoxy) is 5. The van der Waals surface area contributed by atoms with Crippen LogP contribution in [0.5, 0.6) is 57.5 Å². The molecule has 728 valence electrons. The highest BCUT2D eigenvalue weighted by molar-refractivity contribution is 7.20. The van der Waals surface area contributed by atoms with Gasteiger partial charge in [0, 0.05) is 65.1 Å². The summed E-state index contributed by atoms with van der Waals surface area (Å²) in [4.78, 5) is 15.6. The molecular formula is C137H115B2N5O5Si. The van der Waals surface area contributed by atoms with Gasteiger partial charge in [0.15, 0.2) is 13.9 Å². The largest absolute Gasteiger partial charge is 0.458 e. The van der Waals surface area contributed by atoms with Crippen molar-refractivity contribution in [2.24, 2.45) is 0 Å². The molecule has 0 spiro atoms. The average Bonchev–Trinajstić information content (AvgIpc) is 1.35. The standard InChI is InChI=1S/C43H36N4Si.C28H24.C22H17BO3.C22H19BO2.C22H19N/c1-43(2,3)41-44-40(45-42(46-41)47-38-28-15-13-26-36(38)37-27-14-16-29-39(37)47)31-18-17-25-35(30-31)48(32-19-7-4-8-20-32,33-21-9-5-10-22-33)34-23-11-6-12-24-34;1-28(2,3)19-16-17-26-24-14-7-6-12-22(24)20-10-4-5-11-21(20)23-13-8-9-15-25(23)27(26)18-19;1-22(2,3)12-10-17-21-18(11-12)26-16-9-5-7-14-20(16)23(21)19-13(24-14)6-4-8-15(19)25-17;1-22(2,3)14-12-19-21-20(13-14)25-18-11-7-5-9-16(18)23(21)15-8-4-6-10-17(15)24-19;1-22(2,3)14-12-17-15-8-4-6-10-19(15)23-20-11-7-5-9-16(20)18(13-14)21(17)23/h4-30H,1-3H3;4-18H,1-3H3;4-11H,1-3H3;4-13H,1-3H3;4-13H,1-3H3. The van der Waals surface area contributed by atoms with Crippen molar-refractivity contribution in [3.8, 4) is 119 Å². The topological polar surface area (TPSA) is 94.2 Å². The fourth-order valence-corrected chi connectivity index (χ4v) is 28.1. The van der Waals surface area contributed by atoms with Gasteiger partial charge in [-0.05, 0) is 223 Å². The van der Waals surface area contributed by atoms with Gasteiger partial charge in [0.25, 0.3) is 13.4 Å². The van der Waals surface area contributed by atoms with Crippen molar-refractivity contribution in [1.29, 1.82) is 0 Å². The lowest BCUT2D eigenvalue weighted by Crippen LogP contribution is -2.74. The molecule has 0 saturated carbocycles. The maximum Gasteiger partial charge on any atom is 0.270 e.